The highest BCUT2D eigenvalue weighted by Gasteiger charge is 2.24. The summed E-state index contributed by atoms with van der Waals surface area (Å²) in [7, 11) is 0. The van der Waals surface area contributed by atoms with Crippen LogP contribution in [0.15, 0.2) is 24.4 Å². The van der Waals surface area contributed by atoms with Crippen molar-refractivity contribution in [2.24, 2.45) is 0 Å². The molecular weight excluding hydrogens is 316 g/mol. The minimum atomic E-state index is -0.191. The summed E-state index contributed by atoms with van der Waals surface area (Å²) in [5.74, 6) is 0.633. The second-order valence-corrected chi connectivity index (χ2v) is 6.51. The molecule has 132 valence electrons. The zero-order valence-electron chi connectivity index (χ0n) is 14.9. The molecule has 1 aliphatic heterocycles. The average Bonchev–Trinajstić information content (AvgIpc) is 3.02. The summed E-state index contributed by atoms with van der Waals surface area (Å²) in [5, 5.41) is 5.71. The summed E-state index contributed by atoms with van der Waals surface area (Å²) in [4.78, 5) is 29.2. The van der Waals surface area contributed by atoms with Gasteiger partial charge in [0, 0.05) is 30.3 Å². The highest BCUT2D eigenvalue weighted by atomic mass is 16.2. The number of nitrogens with one attached hydrogen (secondary N) is 2. The Labute approximate surface area is 147 Å². The standard InChI is InChI=1S/C19H24N4O2/c1-4-20-18(24)14-9-8-12(2)15(10-14)22-19(25)16-11-21-17-7-5-6-13(3)23(16)17/h8-11,13H,4-7H2,1-3H3,(H,20,24)(H,22,25). The molecule has 1 aromatic carbocycles. The summed E-state index contributed by atoms with van der Waals surface area (Å²) in [6.07, 6.45) is 4.71. The third-order valence-corrected chi connectivity index (χ3v) is 4.65. The third-order valence-electron chi connectivity index (χ3n) is 4.65. The van der Waals surface area contributed by atoms with Gasteiger partial charge in [0.05, 0.1) is 6.20 Å². The Hall–Kier alpha value is -2.63. The van der Waals surface area contributed by atoms with Gasteiger partial charge in [-0.15, -0.1) is 0 Å². The van der Waals surface area contributed by atoms with Crippen LogP contribution in [0.25, 0.3) is 0 Å². The molecule has 0 radical (unpaired) electrons. The van der Waals surface area contributed by atoms with E-state index in [9.17, 15) is 9.59 Å². The predicted octanol–water partition coefficient (Wildman–Crippen LogP) is 3.09. The van der Waals surface area contributed by atoms with Crippen LogP contribution in [0.1, 0.15) is 65.0 Å². The molecule has 2 N–H and O–H groups in total. The van der Waals surface area contributed by atoms with E-state index in [0.717, 1.165) is 30.7 Å². The number of benzene rings is 1. The molecule has 2 aromatic rings. The first-order valence-corrected chi connectivity index (χ1v) is 8.77. The highest BCUT2D eigenvalue weighted by molar-refractivity contribution is 6.04. The van der Waals surface area contributed by atoms with Gasteiger partial charge in [-0.25, -0.2) is 4.98 Å². The summed E-state index contributed by atoms with van der Waals surface area (Å²) in [6, 6.07) is 5.59. The number of amides is 2. The predicted molar refractivity (Wildman–Crippen MR) is 97.0 cm³/mol. The number of carbonyl (C=O) groups excluding carboxylic acids is 2. The van der Waals surface area contributed by atoms with Crippen LogP contribution in [0.4, 0.5) is 5.69 Å². The lowest BCUT2D eigenvalue weighted by atomic mass is 10.1. The lowest BCUT2D eigenvalue weighted by Crippen LogP contribution is -2.24. The number of hydrogen-bond acceptors (Lipinski definition) is 3. The first-order valence-electron chi connectivity index (χ1n) is 8.77. The van der Waals surface area contributed by atoms with Gasteiger partial charge in [-0.2, -0.15) is 0 Å². The molecule has 1 atom stereocenters. The zero-order chi connectivity index (χ0) is 18.0. The van der Waals surface area contributed by atoms with Crippen molar-refractivity contribution in [1.29, 1.82) is 0 Å². The molecule has 0 saturated heterocycles. The smallest absolute Gasteiger partial charge is 0.273 e. The zero-order valence-corrected chi connectivity index (χ0v) is 14.9. The molecule has 6 heteroatoms. The Morgan fingerprint density at radius 1 is 1.32 bits per heavy atom. The Balaban J connectivity index is 1.85. The van der Waals surface area contributed by atoms with Crippen LogP contribution in [0.5, 0.6) is 0 Å². The van der Waals surface area contributed by atoms with E-state index in [1.54, 1.807) is 18.3 Å². The third kappa shape index (κ3) is 3.43. The van der Waals surface area contributed by atoms with E-state index in [2.05, 4.69) is 22.5 Å². The lowest BCUT2D eigenvalue weighted by Gasteiger charge is -2.23. The van der Waals surface area contributed by atoms with Crippen molar-refractivity contribution in [2.75, 3.05) is 11.9 Å². The molecule has 6 nitrogen and oxygen atoms in total. The maximum Gasteiger partial charge on any atom is 0.273 e. The molecule has 0 bridgehead atoms. The number of nitrogens with zero attached hydrogens (tertiary/aromatic N) is 2. The van der Waals surface area contributed by atoms with Crippen molar-refractivity contribution in [2.45, 2.75) is 46.1 Å². The first kappa shape index (κ1) is 17.2. The Bertz CT molecular complexity index is 810. The van der Waals surface area contributed by atoms with Gasteiger partial charge >= 0.3 is 0 Å². The lowest BCUT2D eigenvalue weighted by molar-refractivity contribution is 0.0954. The van der Waals surface area contributed by atoms with E-state index in [1.165, 1.54) is 0 Å². The number of rotatable bonds is 4. The average molecular weight is 340 g/mol. The highest BCUT2D eigenvalue weighted by Crippen LogP contribution is 2.26. The molecule has 0 saturated carbocycles. The molecule has 1 aromatic heterocycles. The monoisotopic (exact) mass is 340 g/mol. The van der Waals surface area contributed by atoms with Crippen molar-refractivity contribution in [3.05, 3.63) is 47.0 Å². The normalized spacial score (nSPS) is 16.2. The molecule has 1 unspecified atom stereocenters. The molecule has 0 aliphatic carbocycles. The van der Waals surface area contributed by atoms with Crippen LogP contribution in [0.3, 0.4) is 0 Å². The van der Waals surface area contributed by atoms with Crippen LogP contribution >= 0.6 is 0 Å². The molecule has 25 heavy (non-hydrogen) atoms. The maximum atomic E-state index is 12.8. The van der Waals surface area contributed by atoms with Gasteiger partial charge < -0.3 is 15.2 Å². The number of carbonyl (C=O) groups is 2. The summed E-state index contributed by atoms with van der Waals surface area (Å²) in [5.41, 5.74) is 2.66. The number of anilines is 1. The summed E-state index contributed by atoms with van der Waals surface area (Å²) >= 11 is 0. The second-order valence-electron chi connectivity index (χ2n) is 6.51. The van der Waals surface area contributed by atoms with E-state index in [1.807, 2.05) is 24.5 Å². The largest absolute Gasteiger partial charge is 0.352 e. The van der Waals surface area contributed by atoms with E-state index in [4.69, 9.17) is 0 Å². The van der Waals surface area contributed by atoms with Crippen molar-refractivity contribution in [1.82, 2.24) is 14.9 Å². The number of aromatic nitrogens is 2. The molecule has 2 heterocycles. The Morgan fingerprint density at radius 2 is 2.12 bits per heavy atom. The maximum absolute atomic E-state index is 12.8. The van der Waals surface area contributed by atoms with Crippen molar-refractivity contribution in [3.63, 3.8) is 0 Å². The van der Waals surface area contributed by atoms with E-state index in [-0.39, 0.29) is 17.9 Å². The minimum absolute atomic E-state index is 0.145. The number of fused-ring (bicyclic) bond motifs is 1. The van der Waals surface area contributed by atoms with Gasteiger partial charge in [0.25, 0.3) is 11.8 Å². The fourth-order valence-electron chi connectivity index (χ4n) is 3.28. The molecule has 1 aliphatic rings. The van der Waals surface area contributed by atoms with Gasteiger partial charge in [0.2, 0.25) is 0 Å². The molecule has 2 amide bonds. The molecule has 3 rings (SSSR count). The van der Waals surface area contributed by atoms with Crippen molar-refractivity contribution < 1.29 is 9.59 Å². The minimum Gasteiger partial charge on any atom is -0.352 e. The molecule has 0 fully saturated rings. The van der Waals surface area contributed by atoms with E-state index < -0.39 is 0 Å². The SMILES string of the molecule is CCNC(=O)c1ccc(C)c(NC(=O)c2cnc3n2C(C)CCC3)c1. The van der Waals surface area contributed by atoms with E-state index in [0.29, 0.717) is 23.5 Å². The molecular formula is C19H24N4O2. The number of aryl methyl sites for hydroxylation is 2. The van der Waals surface area contributed by atoms with Gasteiger partial charge in [0.1, 0.15) is 11.5 Å². The second kappa shape index (κ2) is 7.09. The topological polar surface area (TPSA) is 76.0 Å². The van der Waals surface area contributed by atoms with Gasteiger partial charge in [-0.1, -0.05) is 6.07 Å². The van der Waals surface area contributed by atoms with Crippen LogP contribution in [-0.4, -0.2) is 27.9 Å². The first-order chi connectivity index (χ1) is 12.0. The number of hydrogen-bond donors (Lipinski definition) is 2. The van der Waals surface area contributed by atoms with Gasteiger partial charge in [0.15, 0.2) is 0 Å². The van der Waals surface area contributed by atoms with Crippen LogP contribution in [0, 0.1) is 6.92 Å². The van der Waals surface area contributed by atoms with Gasteiger partial charge in [-0.05, 0) is 51.3 Å². The van der Waals surface area contributed by atoms with E-state index >= 15 is 0 Å². The Morgan fingerprint density at radius 3 is 2.88 bits per heavy atom. The number of imidazole rings is 1. The van der Waals surface area contributed by atoms with Crippen LogP contribution in [0.2, 0.25) is 0 Å². The quantitative estimate of drug-likeness (QED) is 0.898. The fraction of sp³-hybridized carbons (Fsp3) is 0.421. The molecule has 0 spiro atoms. The van der Waals surface area contributed by atoms with Crippen molar-refractivity contribution >= 4 is 17.5 Å². The van der Waals surface area contributed by atoms with Crippen LogP contribution in [-0.2, 0) is 6.42 Å². The summed E-state index contributed by atoms with van der Waals surface area (Å²) < 4.78 is 2.03. The fourth-order valence-corrected chi connectivity index (χ4v) is 3.28. The van der Waals surface area contributed by atoms with Crippen LogP contribution < -0.4 is 10.6 Å². The van der Waals surface area contributed by atoms with Crippen molar-refractivity contribution in [3.8, 4) is 0 Å². The summed E-state index contributed by atoms with van der Waals surface area (Å²) in [6.45, 7) is 6.46. The Kier molecular flexibility index (Phi) is 4.88. The van der Waals surface area contributed by atoms with Gasteiger partial charge in [-0.3, -0.25) is 9.59 Å².